The molecule has 0 saturated heterocycles. The van der Waals surface area contributed by atoms with Crippen LogP contribution in [0.25, 0.3) is 12.2 Å². The van der Waals surface area contributed by atoms with Crippen LogP contribution in [0.4, 0.5) is 5.69 Å². The van der Waals surface area contributed by atoms with Gasteiger partial charge in [0.15, 0.2) is 5.75 Å². The third-order valence-corrected chi connectivity index (χ3v) is 3.82. The maximum Gasteiger partial charge on any atom is 0.311 e. The van der Waals surface area contributed by atoms with E-state index in [1.54, 1.807) is 43.3 Å². The van der Waals surface area contributed by atoms with Gasteiger partial charge in [0, 0.05) is 11.6 Å². The van der Waals surface area contributed by atoms with Crippen molar-refractivity contribution in [1.82, 2.24) is 0 Å². The molecule has 0 aliphatic carbocycles. The molecule has 2 aromatic rings. The van der Waals surface area contributed by atoms with E-state index in [1.807, 2.05) is 0 Å². The predicted octanol–water partition coefficient (Wildman–Crippen LogP) is 3.16. The summed E-state index contributed by atoms with van der Waals surface area (Å²) in [5.41, 5.74) is 2.36. The molecule has 138 valence electrons. The Hall–Kier alpha value is -2.90. The van der Waals surface area contributed by atoms with Gasteiger partial charge in [-0.15, -0.1) is 0 Å². The van der Waals surface area contributed by atoms with Crippen molar-refractivity contribution in [3.8, 4) is 11.5 Å². The molecule has 2 N–H and O–H groups in total. The lowest BCUT2D eigenvalue weighted by molar-refractivity contribution is -0.385. The second kappa shape index (κ2) is 8.98. The monoisotopic (exact) mass is 359 g/mol. The largest absolute Gasteiger partial charge is 0.496 e. The van der Waals surface area contributed by atoms with Crippen LogP contribution in [-0.4, -0.2) is 28.9 Å². The normalized spacial score (nSPS) is 10.9. The van der Waals surface area contributed by atoms with Gasteiger partial charge in [0.1, 0.15) is 5.75 Å². The number of benzene rings is 2. The van der Waals surface area contributed by atoms with E-state index in [4.69, 9.17) is 9.47 Å². The Balaban J connectivity index is 2.37. The smallest absolute Gasteiger partial charge is 0.311 e. The second-order valence-corrected chi connectivity index (χ2v) is 5.43. The third kappa shape index (κ3) is 4.38. The van der Waals surface area contributed by atoms with Crippen LogP contribution in [0.15, 0.2) is 30.3 Å². The highest BCUT2D eigenvalue weighted by Crippen LogP contribution is 2.30. The van der Waals surface area contributed by atoms with Crippen LogP contribution < -0.4 is 9.47 Å². The van der Waals surface area contributed by atoms with E-state index in [2.05, 4.69) is 0 Å². The molecular formula is C19H21NO6. The fourth-order valence-electron chi connectivity index (χ4n) is 2.58. The second-order valence-electron chi connectivity index (χ2n) is 5.43. The van der Waals surface area contributed by atoms with Gasteiger partial charge in [0.05, 0.1) is 31.9 Å². The minimum atomic E-state index is -0.481. The Bertz CT molecular complexity index is 791. The van der Waals surface area contributed by atoms with Crippen molar-refractivity contribution in [3.05, 3.63) is 62.7 Å². The first-order chi connectivity index (χ1) is 12.5. The molecule has 7 nitrogen and oxygen atoms in total. The van der Waals surface area contributed by atoms with E-state index in [9.17, 15) is 20.3 Å². The maximum atomic E-state index is 11.2. The molecule has 0 aromatic heterocycles. The molecule has 0 radical (unpaired) electrons. The van der Waals surface area contributed by atoms with E-state index in [-0.39, 0.29) is 24.7 Å². The van der Waals surface area contributed by atoms with Crippen LogP contribution >= 0.6 is 0 Å². The Kier molecular flexibility index (Phi) is 6.71. The molecule has 0 bridgehead atoms. The molecule has 0 saturated carbocycles. The Morgan fingerprint density at radius 2 is 1.81 bits per heavy atom. The third-order valence-electron chi connectivity index (χ3n) is 3.82. The van der Waals surface area contributed by atoms with Gasteiger partial charge in [-0.05, 0) is 41.8 Å². The zero-order chi connectivity index (χ0) is 19.1. The summed E-state index contributed by atoms with van der Waals surface area (Å²) >= 11 is 0. The number of methoxy groups -OCH3 is 1. The summed E-state index contributed by atoms with van der Waals surface area (Å²) in [6.45, 7) is 1.63. The van der Waals surface area contributed by atoms with E-state index in [0.29, 0.717) is 29.0 Å². The number of nitrogens with zero attached hydrogens (tertiary/aromatic N) is 1. The van der Waals surface area contributed by atoms with Crippen molar-refractivity contribution in [1.29, 1.82) is 0 Å². The van der Waals surface area contributed by atoms with Crippen LogP contribution in [0.2, 0.25) is 0 Å². The van der Waals surface area contributed by atoms with Gasteiger partial charge < -0.3 is 19.7 Å². The van der Waals surface area contributed by atoms with Crippen molar-refractivity contribution in [2.75, 3.05) is 13.7 Å². The van der Waals surface area contributed by atoms with Gasteiger partial charge in [-0.1, -0.05) is 18.2 Å². The summed E-state index contributed by atoms with van der Waals surface area (Å²) in [4.78, 5) is 10.7. The Labute approximate surface area is 151 Å². The van der Waals surface area contributed by atoms with Crippen molar-refractivity contribution in [2.45, 2.75) is 20.1 Å². The average molecular weight is 359 g/mol. The molecule has 0 unspecified atom stereocenters. The first-order valence-electron chi connectivity index (χ1n) is 8.04. The summed E-state index contributed by atoms with van der Waals surface area (Å²) in [7, 11) is 1.49. The number of hydrogen-bond donors (Lipinski definition) is 2. The van der Waals surface area contributed by atoms with Crippen LogP contribution in [0, 0.1) is 10.1 Å². The summed E-state index contributed by atoms with van der Waals surface area (Å²) < 4.78 is 10.5. The average Bonchev–Trinajstić information content (AvgIpc) is 2.66. The highest BCUT2D eigenvalue weighted by atomic mass is 16.6. The number of nitro groups is 1. The topological polar surface area (TPSA) is 102 Å². The van der Waals surface area contributed by atoms with Crippen molar-refractivity contribution < 1.29 is 24.6 Å². The zero-order valence-corrected chi connectivity index (χ0v) is 14.6. The standard InChI is InChI=1S/C19H21NO6/c1-3-26-18-7-6-13(9-17(18)20(23)24)4-5-14-8-15(11-21)16(12-22)19(10-14)25-2/h4-10,21-22H,3,11-12H2,1-2H3. The van der Waals surface area contributed by atoms with Gasteiger partial charge in [-0.3, -0.25) is 10.1 Å². The molecule has 0 atom stereocenters. The molecule has 0 aliphatic heterocycles. The first-order valence-corrected chi connectivity index (χ1v) is 8.04. The van der Waals surface area contributed by atoms with Crippen LogP contribution in [0.3, 0.4) is 0 Å². The van der Waals surface area contributed by atoms with Crippen LogP contribution in [0.5, 0.6) is 11.5 Å². The lowest BCUT2D eigenvalue weighted by Crippen LogP contribution is -1.99. The predicted molar refractivity (Wildman–Crippen MR) is 98.0 cm³/mol. The number of hydrogen-bond acceptors (Lipinski definition) is 6. The number of rotatable bonds is 8. The molecule has 0 heterocycles. The maximum absolute atomic E-state index is 11.2. The Morgan fingerprint density at radius 3 is 2.38 bits per heavy atom. The van der Waals surface area contributed by atoms with Crippen molar-refractivity contribution in [2.24, 2.45) is 0 Å². The molecule has 26 heavy (non-hydrogen) atoms. The highest BCUT2D eigenvalue weighted by Gasteiger charge is 2.15. The zero-order valence-electron chi connectivity index (χ0n) is 14.6. The molecule has 2 rings (SSSR count). The van der Waals surface area contributed by atoms with Gasteiger partial charge in [0.2, 0.25) is 0 Å². The van der Waals surface area contributed by atoms with E-state index >= 15 is 0 Å². The number of nitro benzene ring substituents is 1. The van der Waals surface area contributed by atoms with E-state index in [0.717, 1.165) is 5.56 Å². The number of aliphatic hydroxyl groups excluding tert-OH is 2. The van der Waals surface area contributed by atoms with Gasteiger partial charge in [0.25, 0.3) is 0 Å². The van der Waals surface area contributed by atoms with Crippen LogP contribution in [-0.2, 0) is 13.2 Å². The van der Waals surface area contributed by atoms with E-state index < -0.39 is 4.92 Å². The lowest BCUT2D eigenvalue weighted by atomic mass is 10.0. The SMILES string of the molecule is CCOc1ccc(C=Cc2cc(CO)c(CO)c(OC)c2)cc1[N+](=O)[O-]. The van der Waals surface area contributed by atoms with Gasteiger partial charge in [-0.2, -0.15) is 0 Å². The number of ether oxygens (including phenoxy) is 2. The van der Waals surface area contributed by atoms with Gasteiger partial charge in [-0.25, -0.2) is 0 Å². The van der Waals surface area contributed by atoms with E-state index in [1.165, 1.54) is 13.2 Å². The summed E-state index contributed by atoms with van der Waals surface area (Å²) in [5.74, 6) is 0.697. The Morgan fingerprint density at radius 1 is 1.08 bits per heavy atom. The number of aliphatic hydroxyl groups is 2. The van der Waals surface area contributed by atoms with Crippen molar-refractivity contribution >= 4 is 17.8 Å². The fourth-order valence-corrected chi connectivity index (χ4v) is 2.58. The highest BCUT2D eigenvalue weighted by molar-refractivity contribution is 5.73. The van der Waals surface area contributed by atoms with Gasteiger partial charge >= 0.3 is 5.69 Å². The molecular weight excluding hydrogens is 338 g/mol. The molecule has 7 heteroatoms. The summed E-state index contributed by atoms with van der Waals surface area (Å²) in [5, 5.41) is 30.1. The minimum Gasteiger partial charge on any atom is -0.496 e. The summed E-state index contributed by atoms with van der Waals surface area (Å²) in [6.07, 6.45) is 3.47. The van der Waals surface area contributed by atoms with Crippen LogP contribution in [0.1, 0.15) is 29.2 Å². The fraction of sp³-hybridized carbons (Fsp3) is 0.263. The molecule has 0 fully saturated rings. The quantitative estimate of drug-likeness (QED) is 0.426. The lowest BCUT2D eigenvalue weighted by Gasteiger charge is -2.12. The minimum absolute atomic E-state index is 0.0988. The molecule has 0 amide bonds. The molecule has 0 spiro atoms. The van der Waals surface area contributed by atoms with Crippen molar-refractivity contribution in [3.63, 3.8) is 0 Å². The molecule has 2 aromatic carbocycles. The molecule has 0 aliphatic rings. The first kappa shape index (κ1) is 19.4. The summed E-state index contributed by atoms with van der Waals surface area (Å²) in [6, 6.07) is 8.18.